The molecule has 0 radical (unpaired) electrons. The first kappa shape index (κ1) is 15.5. The molecule has 2 aromatic rings. The fraction of sp³-hybridized carbons (Fsp3) is 0.316. The number of anilines is 1. The van der Waals surface area contributed by atoms with Crippen LogP contribution < -0.4 is 5.32 Å². The molecular formula is C19H21N3O. The van der Waals surface area contributed by atoms with Crippen molar-refractivity contribution in [1.82, 2.24) is 4.90 Å². The Bertz CT molecular complexity index is 670. The van der Waals surface area contributed by atoms with E-state index in [-0.39, 0.29) is 0 Å². The monoisotopic (exact) mass is 307 g/mol. The van der Waals surface area contributed by atoms with Crippen LogP contribution in [0.3, 0.4) is 0 Å². The van der Waals surface area contributed by atoms with Gasteiger partial charge in [-0.05, 0) is 23.3 Å². The van der Waals surface area contributed by atoms with E-state index in [1.165, 1.54) is 11.1 Å². The fourth-order valence-electron chi connectivity index (χ4n) is 2.71. The molecule has 2 aromatic carbocycles. The number of nitriles is 1. The molecule has 1 fully saturated rings. The lowest BCUT2D eigenvalue weighted by atomic mass is 10.1. The Morgan fingerprint density at radius 3 is 2.43 bits per heavy atom. The smallest absolute Gasteiger partial charge is 0.101 e. The predicted octanol–water partition coefficient (Wildman–Crippen LogP) is 3.00. The number of rotatable bonds is 5. The van der Waals surface area contributed by atoms with Gasteiger partial charge < -0.3 is 10.1 Å². The van der Waals surface area contributed by atoms with Crippen LogP contribution >= 0.6 is 0 Å². The summed E-state index contributed by atoms with van der Waals surface area (Å²) in [4.78, 5) is 2.42. The van der Waals surface area contributed by atoms with E-state index in [2.05, 4.69) is 40.6 Å². The predicted molar refractivity (Wildman–Crippen MR) is 91.0 cm³/mol. The van der Waals surface area contributed by atoms with Crippen LogP contribution in [0.25, 0.3) is 0 Å². The zero-order valence-corrected chi connectivity index (χ0v) is 13.2. The standard InChI is InChI=1S/C19H21N3O/c20-13-18-3-1-2-4-19(18)21-14-16-5-7-17(8-6-16)15-22-9-11-23-12-10-22/h1-8,21H,9-12,14-15H2. The summed E-state index contributed by atoms with van der Waals surface area (Å²) in [6, 6.07) is 18.5. The Morgan fingerprint density at radius 2 is 1.70 bits per heavy atom. The van der Waals surface area contributed by atoms with Crippen molar-refractivity contribution in [2.75, 3.05) is 31.6 Å². The average Bonchev–Trinajstić information content (AvgIpc) is 2.62. The summed E-state index contributed by atoms with van der Waals surface area (Å²) in [6.45, 7) is 5.38. The second-order valence-corrected chi connectivity index (χ2v) is 5.72. The van der Waals surface area contributed by atoms with E-state index < -0.39 is 0 Å². The van der Waals surface area contributed by atoms with Gasteiger partial charge in [-0.1, -0.05) is 36.4 Å². The van der Waals surface area contributed by atoms with Crippen LogP contribution in [-0.2, 0) is 17.8 Å². The van der Waals surface area contributed by atoms with Gasteiger partial charge in [0.15, 0.2) is 0 Å². The molecule has 0 spiro atoms. The van der Waals surface area contributed by atoms with Crippen molar-refractivity contribution < 1.29 is 4.74 Å². The maximum Gasteiger partial charge on any atom is 0.101 e. The summed E-state index contributed by atoms with van der Waals surface area (Å²) in [5.41, 5.74) is 4.10. The van der Waals surface area contributed by atoms with Gasteiger partial charge in [0.25, 0.3) is 0 Å². The summed E-state index contributed by atoms with van der Waals surface area (Å²) < 4.78 is 5.38. The molecule has 4 nitrogen and oxygen atoms in total. The Hall–Kier alpha value is -2.35. The molecule has 0 unspecified atom stereocenters. The van der Waals surface area contributed by atoms with Crippen LogP contribution in [0.15, 0.2) is 48.5 Å². The molecule has 0 amide bonds. The third-order valence-corrected chi connectivity index (χ3v) is 4.06. The normalized spacial score (nSPS) is 15.1. The molecule has 1 aliphatic heterocycles. The molecule has 4 heteroatoms. The summed E-state index contributed by atoms with van der Waals surface area (Å²) in [5, 5.41) is 12.4. The molecule has 0 saturated carbocycles. The van der Waals surface area contributed by atoms with Crippen molar-refractivity contribution in [3.8, 4) is 6.07 Å². The van der Waals surface area contributed by atoms with E-state index in [1.807, 2.05) is 24.3 Å². The summed E-state index contributed by atoms with van der Waals surface area (Å²) >= 11 is 0. The van der Waals surface area contributed by atoms with Gasteiger partial charge in [-0.15, -0.1) is 0 Å². The van der Waals surface area contributed by atoms with E-state index in [0.29, 0.717) is 5.56 Å². The zero-order valence-electron chi connectivity index (χ0n) is 13.2. The van der Waals surface area contributed by atoms with Crippen LogP contribution in [0.2, 0.25) is 0 Å². The number of morpholine rings is 1. The van der Waals surface area contributed by atoms with E-state index >= 15 is 0 Å². The molecule has 1 saturated heterocycles. The minimum atomic E-state index is 0.677. The van der Waals surface area contributed by atoms with Crippen LogP contribution in [0.4, 0.5) is 5.69 Å². The SMILES string of the molecule is N#Cc1ccccc1NCc1ccc(CN2CCOCC2)cc1. The highest BCUT2D eigenvalue weighted by molar-refractivity contribution is 5.57. The van der Waals surface area contributed by atoms with Gasteiger partial charge in [0.1, 0.15) is 6.07 Å². The number of hydrogen-bond acceptors (Lipinski definition) is 4. The first-order valence-corrected chi connectivity index (χ1v) is 7.96. The number of para-hydroxylation sites is 1. The summed E-state index contributed by atoms with van der Waals surface area (Å²) in [5.74, 6) is 0. The van der Waals surface area contributed by atoms with Gasteiger partial charge in [0, 0.05) is 26.2 Å². The van der Waals surface area contributed by atoms with Crippen LogP contribution in [-0.4, -0.2) is 31.2 Å². The minimum Gasteiger partial charge on any atom is -0.380 e. The molecular weight excluding hydrogens is 286 g/mol. The highest BCUT2D eigenvalue weighted by atomic mass is 16.5. The van der Waals surface area contributed by atoms with Gasteiger partial charge in [0.05, 0.1) is 24.5 Å². The number of hydrogen-bond donors (Lipinski definition) is 1. The van der Waals surface area contributed by atoms with Gasteiger partial charge in [-0.25, -0.2) is 0 Å². The zero-order chi connectivity index (χ0) is 15.9. The van der Waals surface area contributed by atoms with Crippen molar-refractivity contribution in [3.63, 3.8) is 0 Å². The van der Waals surface area contributed by atoms with Crippen LogP contribution in [0.5, 0.6) is 0 Å². The average molecular weight is 307 g/mol. The molecule has 23 heavy (non-hydrogen) atoms. The highest BCUT2D eigenvalue weighted by Crippen LogP contribution is 2.15. The van der Waals surface area contributed by atoms with Crippen molar-refractivity contribution in [3.05, 3.63) is 65.2 Å². The van der Waals surface area contributed by atoms with E-state index in [1.54, 1.807) is 0 Å². The van der Waals surface area contributed by atoms with E-state index in [4.69, 9.17) is 10.00 Å². The van der Waals surface area contributed by atoms with Gasteiger partial charge >= 0.3 is 0 Å². The molecule has 0 atom stereocenters. The molecule has 0 aromatic heterocycles. The Morgan fingerprint density at radius 1 is 1.00 bits per heavy atom. The largest absolute Gasteiger partial charge is 0.380 e. The van der Waals surface area contributed by atoms with E-state index in [0.717, 1.165) is 45.1 Å². The Labute approximate surface area is 137 Å². The lowest BCUT2D eigenvalue weighted by molar-refractivity contribution is 0.0342. The number of nitrogens with one attached hydrogen (secondary N) is 1. The third-order valence-electron chi connectivity index (χ3n) is 4.06. The molecule has 118 valence electrons. The third kappa shape index (κ3) is 4.32. The second kappa shape index (κ2) is 7.77. The fourth-order valence-corrected chi connectivity index (χ4v) is 2.71. The molecule has 3 rings (SSSR count). The van der Waals surface area contributed by atoms with Gasteiger partial charge in [-0.2, -0.15) is 5.26 Å². The maximum atomic E-state index is 9.10. The van der Waals surface area contributed by atoms with E-state index in [9.17, 15) is 0 Å². The van der Waals surface area contributed by atoms with Crippen LogP contribution in [0.1, 0.15) is 16.7 Å². The first-order valence-electron chi connectivity index (χ1n) is 7.96. The van der Waals surface area contributed by atoms with Crippen molar-refractivity contribution >= 4 is 5.69 Å². The minimum absolute atomic E-state index is 0.677. The second-order valence-electron chi connectivity index (χ2n) is 5.72. The topological polar surface area (TPSA) is 48.3 Å². The van der Waals surface area contributed by atoms with Crippen molar-refractivity contribution in [1.29, 1.82) is 5.26 Å². The van der Waals surface area contributed by atoms with Crippen molar-refractivity contribution in [2.24, 2.45) is 0 Å². The molecule has 0 bridgehead atoms. The number of nitrogens with zero attached hydrogens (tertiary/aromatic N) is 2. The molecule has 1 heterocycles. The summed E-state index contributed by atoms with van der Waals surface area (Å²) in [6.07, 6.45) is 0. The van der Waals surface area contributed by atoms with Crippen molar-refractivity contribution in [2.45, 2.75) is 13.1 Å². The number of ether oxygens (including phenoxy) is 1. The lowest BCUT2D eigenvalue weighted by Gasteiger charge is -2.26. The number of benzene rings is 2. The van der Waals surface area contributed by atoms with Gasteiger partial charge in [0.2, 0.25) is 0 Å². The lowest BCUT2D eigenvalue weighted by Crippen LogP contribution is -2.35. The first-order chi connectivity index (χ1) is 11.3. The quantitative estimate of drug-likeness (QED) is 0.922. The van der Waals surface area contributed by atoms with Gasteiger partial charge in [-0.3, -0.25) is 4.90 Å². The molecule has 1 aliphatic rings. The molecule has 0 aliphatic carbocycles. The highest BCUT2D eigenvalue weighted by Gasteiger charge is 2.10. The van der Waals surface area contributed by atoms with Crippen LogP contribution in [0, 0.1) is 11.3 Å². The Balaban J connectivity index is 1.56. The summed E-state index contributed by atoms with van der Waals surface area (Å²) in [7, 11) is 0. The maximum absolute atomic E-state index is 9.10. The molecule has 1 N–H and O–H groups in total. The Kier molecular flexibility index (Phi) is 5.25.